The first kappa shape index (κ1) is 19.4. The van der Waals surface area contributed by atoms with Gasteiger partial charge >= 0.3 is 12.0 Å². The molecule has 0 saturated heterocycles. The second kappa shape index (κ2) is 7.77. The summed E-state index contributed by atoms with van der Waals surface area (Å²) in [4.78, 5) is 35.0. The highest BCUT2D eigenvalue weighted by Gasteiger charge is 2.28. The Bertz CT molecular complexity index is 745. The third-order valence-electron chi connectivity index (χ3n) is 2.79. The number of nitrogens with two attached hydrogens (primary N) is 1. The van der Waals surface area contributed by atoms with Gasteiger partial charge in [-0.1, -0.05) is 26.0 Å². The molecule has 1 rings (SSSR count). The molecule has 0 saturated carbocycles. The Kier molecular flexibility index (Phi) is 6.29. The molecule has 10 heteroatoms. The fraction of sp³-hybridized carbons (Fsp3) is 0.357. The van der Waals surface area contributed by atoms with Crippen LogP contribution in [0.15, 0.2) is 24.3 Å². The van der Waals surface area contributed by atoms with Gasteiger partial charge in [0.15, 0.2) is 6.10 Å². The van der Waals surface area contributed by atoms with Crippen LogP contribution in [0.4, 0.5) is 10.5 Å². The first-order valence-corrected chi connectivity index (χ1v) is 8.78. The van der Waals surface area contributed by atoms with Crippen molar-refractivity contribution < 1.29 is 27.5 Å². The average Bonchev–Trinajstić information content (AvgIpc) is 2.42. The van der Waals surface area contributed by atoms with Crippen molar-refractivity contribution in [2.75, 3.05) is 11.0 Å². The van der Waals surface area contributed by atoms with Gasteiger partial charge in [0.1, 0.15) is 0 Å². The first-order valence-electron chi connectivity index (χ1n) is 6.89. The summed E-state index contributed by atoms with van der Waals surface area (Å²) in [5.41, 5.74) is 4.83. The van der Waals surface area contributed by atoms with E-state index in [4.69, 9.17) is 10.5 Å². The molecule has 0 aliphatic rings. The maximum atomic E-state index is 12.3. The number of nitrogens with one attached hydrogen (secondary N) is 2. The predicted octanol–water partition coefficient (Wildman–Crippen LogP) is 0.434. The SMILES string of the molecule is CC(C)[C@H](OC(=O)c1ccccc1NS(C)(=O)=O)C(=O)NC(N)=O. The number of benzene rings is 1. The maximum Gasteiger partial charge on any atom is 0.341 e. The highest BCUT2D eigenvalue weighted by molar-refractivity contribution is 7.92. The Balaban J connectivity index is 3.05. The summed E-state index contributed by atoms with van der Waals surface area (Å²) < 4.78 is 30.0. The van der Waals surface area contributed by atoms with E-state index in [-0.39, 0.29) is 11.3 Å². The van der Waals surface area contributed by atoms with Crippen LogP contribution in [0, 0.1) is 5.92 Å². The number of primary amides is 1. The van der Waals surface area contributed by atoms with E-state index in [1.807, 2.05) is 5.32 Å². The molecule has 1 aromatic carbocycles. The first-order chi connectivity index (χ1) is 11.0. The number of urea groups is 1. The van der Waals surface area contributed by atoms with Crippen LogP contribution in [0.25, 0.3) is 0 Å². The largest absolute Gasteiger partial charge is 0.448 e. The highest BCUT2D eigenvalue weighted by atomic mass is 32.2. The molecule has 132 valence electrons. The normalized spacial score (nSPS) is 12.3. The molecule has 0 heterocycles. The Hall–Kier alpha value is -2.62. The number of hydrogen-bond acceptors (Lipinski definition) is 6. The van der Waals surface area contributed by atoms with Gasteiger partial charge in [0, 0.05) is 0 Å². The second-order valence-electron chi connectivity index (χ2n) is 5.34. The number of sulfonamides is 1. The van der Waals surface area contributed by atoms with Gasteiger partial charge in [-0.15, -0.1) is 0 Å². The second-order valence-corrected chi connectivity index (χ2v) is 7.09. The van der Waals surface area contributed by atoms with Crippen LogP contribution >= 0.6 is 0 Å². The number of amides is 3. The molecule has 0 unspecified atom stereocenters. The van der Waals surface area contributed by atoms with Gasteiger partial charge in [-0.25, -0.2) is 18.0 Å². The molecule has 0 bridgehead atoms. The van der Waals surface area contributed by atoms with E-state index in [9.17, 15) is 22.8 Å². The van der Waals surface area contributed by atoms with Crippen LogP contribution in [0.1, 0.15) is 24.2 Å². The number of anilines is 1. The minimum atomic E-state index is -3.61. The summed E-state index contributed by atoms with van der Waals surface area (Å²) in [6.07, 6.45) is -0.330. The van der Waals surface area contributed by atoms with Crippen LogP contribution in [0.5, 0.6) is 0 Å². The van der Waals surface area contributed by atoms with Gasteiger partial charge in [0.2, 0.25) is 10.0 Å². The summed E-state index contributed by atoms with van der Waals surface area (Å²) in [6.45, 7) is 3.22. The lowest BCUT2D eigenvalue weighted by atomic mass is 10.1. The van der Waals surface area contributed by atoms with E-state index in [0.29, 0.717) is 0 Å². The number of esters is 1. The Morgan fingerprint density at radius 3 is 2.25 bits per heavy atom. The van der Waals surface area contributed by atoms with Gasteiger partial charge in [0.25, 0.3) is 5.91 Å². The van der Waals surface area contributed by atoms with E-state index >= 15 is 0 Å². The van der Waals surface area contributed by atoms with Crippen molar-refractivity contribution in [3.05, 3.63) is 29.8 Å². The number of imide groups is 1. The number of para-hydroxylation sites is 1. The summed E-state index contributed by atoms with van der Waals surface area (Å²) in [5.74, 6) is -2.22. The predicted molar refractivity (Wildman–Crippen MR) is 86.7 cm³/mol. The molecule has 9 nitrogen and oxygen atoms in total. The monoisotopic (exact) mass is 357 g/mol. The minimum absolute atomic E-state index is 0.0165. The fourth-order valence-electron chi connectivity index (χ4n) is 1.81. The van der Waals surface area contributed by atoms with Gasteiger partial charge < -0.3 is 10.5 Å². The molecular weight excluding hydrogens is 338 g/mol. The Morgan fingerprint density at radius 2 is 1.75 bits per heavy atom. The third-order valence-corrected chi connectivity index (χ3v) is 3.38. The van der Waals surface area contributed by atoms with Crippen molar-refractivity contribution in [1.29, 1.82) is 0 Å². The van der Waals surface area contributed by atoms with Crippen LogP contribution in [-0.4, -0.2) is 38.7 Å². The minimum Gasteiger partial charge on any atom is -0.448 e. The van der Waals surface area contributed by atoms with Gasteiger partial charge in [0.05, 0.1) is 17.5 Å². The zero-order valence-electron chi connectivity index (χ0n) is 13.4. The molecule has 4 N–H and O–H groups in total. The van der Waals surface area contributed by atoms with Crippen molar-refractivity contribution in [2.45, 2.75) is 20.0 Å². The molecule has 3 amide bonds. The van der Waals surface area contributed by atoms with Crippen molar-refractivity contribution in [1.82, 2.24) is 5.32 Å². The molecule has 0 spiro atoms. The van der Waals surface area contributed by atoms with Crippen LogP contribution in [0.2, 0.25) is 0 Å². The lowest BCUT2D eigenvalue weighted by Crippen LogP contribution is -2.45. The number of carbonyl (C=O) groups is 3. The molecule has 0 aromatic heterocycles. The Labute approximate surface area is 139 Å². The molecule has 0 aliphatic heterocycles. The molecular formula is C14H19N3O6S. The number of ether oxygens (including phenoxy) is 1. The van der Waals surface area contributed by atoms with E-state index in [2.05, 4.69) is 4.72 Å². The zero-order valence-corrected chi connectivity index (χ0v) is 14.2. The van der Waals surface area contributed by atoms with Crippen molar-refractivity contribution >= 4 is 33.6 Å². The Morgan fingerprint density at radius 1 is 1.17 bits per heavy atom. The van der Waals surface area contributed by atoms with E-state index in [1.54, 1.807) is 13.8 Å². The zero-order chi connectivity index (χ0) is 18.5. The summed E-state index contributed by atoms with van der Waals surface area (Å²) in [7, 11) is -3.61. The summed E-state index contributed by atoms with van der Waals surface area (Å²) in [6, 6.07) is 4.70. The van der Waals surface area contributed by atoms with Crippen LogP contribution in [-0.2, 0) is 19.6 Å². The molecule has 0 radical (unpaired) electrons. The molecule has 0 aliphatic carbocycles. The topological polar surface area (TPSA) is 145 Å². The van der Waals surface area contributed by atoms with Crippen molar-refractivity contribution in [3.63, 3.8) is 0 Å². The van der Waals surface area contributed by atoms with Crippen LogP contribution < -0.4 is 15.8 Å². The van der Waals surface area contributed by atoms with Gasteiger partial charge in [-0.05, 0) is 18.1 Å². The quantitative estimate of drug-likeness (QED) is 0.630. The molecule has 0 fully saturated rings. The lowest BCUT2D eigenvalue weighted by molar-refractivity contribution is -0.130. The van der Waals surface area contributed by atoms with Gasteiger partial charge in [-0.3, -0.25) is 14.8 Å². The average molecular weight is 357 g/mol. The lowest BCUT2D eigenvalue weighted by Gasteiger charge is -2.20. The van der Waals surface area contributed by atoms with Gasteiger partial charge in [-0.2, -0.15) is 0 Å². The standard InChI is InChI=1S/C14H19N3O6S/c1-8(2)11(12(18)16-14(15)20)23-13(19)9-6-4-5-7-10(9)17-24(3,21)22/h4-8,11,17H,1-3H3,(H3,15,16,18,20)/t11-/m0/s1. The summed E-state index contributed by atoms with van der Waals surface area (Å²) >= 11 is 0. The van der Waals surface area contributed by atoms with Crippen LogP contribution in [0.3, 0.4) is 0 Å². The fourth-order valence-corrected chi connectivity index (χ4v) is 2.39. The maximum absolute atomic E-state index is 12.3. The smallest absolute Gasteiger partial charge is 0.341 e. The van der Waals surface area contributed by atoms with E-state index in [0.717, 1.165) is 6.26 Å². The number of hydrogen-bond donors (Lipinski definition) is 3. The van der Waals surface area contributed by atoms with Crippen molar-refractivity contribution in [3.8, 4) is 0 Å². The third kappa shape index (κ3) is 5.88. The number of rotatable bonds is 6. The van der Waals surface area contributed by atoms with Crippen molar-refractivity contribution in [2.24, 2.45) is 11.7 Å². The summed E-state index contributed by atoms with van der Waals surface area (Å²) in [5, 5.41) is 1.85. The van der Waals surface area contributed by atoms with E-state index in [1.165, 1.54) is 24.3 Å². The molecule has 24 heavy (non-hydrogen) atoms. The molecule has 1 atom stereocenters. The molecule has 1 aromatic rings. The van der Waals surface area contributed by atoms with E-state index < -0.39 is 40.0 Å². The highest BCUT2D eigenvalue weighted by Crippen LogP contribution is 2.19. The number of carbonyl (C=O) groups excluding carboxylic acids is 3.